The Bertz CT molecular complexity index is 641. The van der Waals surface area contributed by atoms with E-state index in [-0.39, 0.29) is 0 Å². The Balaban J connectivity index is 2.15. The van der Waals surface area contributed by atoms with Gasteiger partial charge in [-0.1, -0.05) is 38.3 Å². The Morgan fingerprint density at radius 3 is 2.71 bits per heavy atom. The molecule has 4 heteroatoms. The first-order valence-electron chi connectivity index (χ1n) is 7.92. The highest BCUT2D eigenvalue weighted by molar-refractivity contribution is 5.80. The molecule has 1 atom stereocenters. The third-order valence-corrected chi connectivity index (χ3v) is 4.58. The molecular weight excluding hydrogens is 264 g/mol. The second-order valence-corrected chi connectivity index (χ2v) is 5.93. The zero-order valence-electron chi connectivity index (χ0n) is 12.5. The summed E-state index contributed by atoms with van der Waals surface area (Å²) in [6, 6.07) is 7.37. The molecular formula is C17H22N2O2. The van der Waals surface area contributed by atoms with E-state index in [0.717, 1.165) is 29.7 Å². The molecule has 0 radical (unpaired) electrons. The Kier molecular flexibility index (Phi) is 3.95. The Morgan fingerprint density at radius 1 is 1.33 bits per heavy atom. The molecule has 1 heterocycles. The fourth-order valence-corrected chi connectivity index (χ4v) is 3.51. The Labute approximate surface area is 124 Å². The number of hydrogen-bond acceptors (Lipinski definition) is 2. The normalized spacial score (nSPS) is 18.0. The van der Waals surface area contributed by atoms with Crippen LogP contribution in [0.5, 0.6) is 0 Å². The first-order valence-corrected chi connectivity index (χ1v) is 7.92. The molecule has 1 N–H and O–H groups in total. The van der Waals surface area contributed by atoms with Gasteiger partial charge in [-0.15, -0.1) is 0 Å². The van der Waals surface area contributed by atoms with Crippen molar-refractivity contribution in [3.05, 3.63) is 30.1 Å². The van der Waals surface area contributed by atoms with Crippen LogP contribution in [0.3, 0.4) is 0 Å². The van der Waals surface area contributed by atoms with Crippen LogP contribution < -0.4 is 0 Å². The zero-order valence-corrected chi connectivity index (χ0v) is 12.5. The molecule has 0 bridgehead atoms. The van der Waals surface area contributed by atoms with Crippen molar-refractivity contribution in [2.75, 3.05) is 0 Å². The lowest BCUT2D eigenvalue weighted by Crippen LogP contribution is -2.22. The SMILES string of the molecule is CCC(C(=O)O)n1c(C2CCCCC2)nc2ccccc21. The van der Waals surface area contributed by atoms with Crippen molar-refractivity contribution >= 4 is 17.0 Å². The van der Waals surface area contributed by atoms with E-state index < -0.39 is 12.0 Å². The summed E-state index contributed by atoms with van der Waals surface area (Å²) in [4.78, 5) is 16.4. The van der Waals surface area contributed by atoms with Crippen molar-refractivity contribution in [1.29, 1.82) is 0 Å². The van der Waals surface area contributed by atoms with E-state index in [2.05, 4.69) is 0 Å². The molecule has 0 aliphatic heterocycles. The Morgan fingerprint density at radius 2 is 2.05 bits per heavy atom. The molecule has 112 valence electrons. The average molecular weight is 286 g/mol. The smallest absolute Gasteiger partial charge is 0.326 e. The molecule has 4 nitrogen and oxygen atoms in total. The van der Waals surface area contributed by atoms with Crippen LogP contribution in [0.25, 0.3) is 11.0 Å². The van der Waals surface area contributed by atoms with E-state index in [0.29, 0.717) is 12.3 Å². The number of hydrogen-bond donors (Lipinski definition) is 1. The van der Waals surface area contributed by atoms with Crippen LogP contribution in [0.1, 0.15) is 63.2 Å². The van der Waals surface area contributed by atoms with Crippen LogP contribution in [-0.2, 0) is 4.79 Å². The number of fused-ring (bicyclic) bond motifs is 1. The highest BCUT2D eigenvalue weighted by Gasteiger charge is 2.28. The molecule has 0 saturated heterocycles. The van der Waals surface area contributed by atoms with E-state index in [4.69, 9.17) is 4.98 Å². The monoisotopic (exact) mass is 286 g/mol. The van der Waals surface area contributed by atoms with E-state index in [1.165, 1.54) is 19.3 Å². The van der Waals surface area contributed by atoms with Crippen LogP contribution in [0.2, 0.25) is 0 Å². The van der Waals surface area contributed by atoms with Gasteiger partial charge in [0.2, 0.25) is 0 Å². The van der Waals surface area contributed by atoms with E-state index in [1.807, 2.05) is 35.8 Å². The van der Waals surface area contributed by atoms with Crippen molar-refractivity contribution < 1.29 is 9.90 Å². The summed E-state index contributed by atoms with van der Waals surface area (Å²) >= 11 is 0. The molecule has 1 aliphatic rings. The third kappa shape index (κ3) is 2.55. The van der Waals surface area contributed by atoms with Crippen molar-refractivity contribution in [1.82, 2.24) is 9.55 Å². The maximum atomic E-state index is 11.7. The number of carbonyl (C=O) groups is 1. The molecule has 1 aromatic carbocycles. The first-order chi connectivity index (χ1) is 10.2. The minimum Gasteiger partial charge on any atom is -0.480 e. The van der Waals surface area contributed by atoms with E-state index in [1.54, 1.807) is 0 Å². The zero-order chi connectivity index (χ0) is 14.8. The van der Waals surface area contributed by atoms with Crippen molar-refractivity contribution in [3.8, 4) is 0 Å². The fourth-order valence-electron chi connectivity index (χ4n) is 3.51. The van der Waals surface area contributed by atoms with Gasteiger partial charge in [0.25, 0.3) is 0 Å². The topological polar surface area (TPSA) is 55.1 Å². The quantitative estimate of drug-likeness (QED) is 0.919. The summed E-state index contributed by atoms with van der Waals surface area (Å²) in [6.07, 6.45) is 6.55. The lowest BCUT2D eigenvalue weighted by molar-refractivity contribution is -0.141. The molecule has 0 amide bonds. The van der Waals surface area contributed by atoms with Gasteiger partial charge in [0.05, 0.1) is 11.0 Å². The predicted octanol–water partition coefficient (Wildman–Crippen LogP) is 4.12. The second-order valence-electron chi connectivity index (χ2n) is 5.93. The highest BCUT2D eigenvalue weighted by Crippen LogP contribution is 2.36. The standard InChI is InChI=1S/C17H22N2O2/c1-2-14(17(20)21)19-15-11-7-6-10-13(15)18-16(19)12-8-4-3-5-9-12/h6-7,10-12,14H,2-5,8-9H2,1H3,(H,20,21). The predicted molar refractivity (Wildman–Crippen MR) is 82.5 cm³/mol. The molecule has 1 aliphatic carbocycles. The fraction of sp³-hybridized carbons (Fsp3) is 0.529. The van der Waals surface area contributed by atoms with Gasteiger partial charge in [0, 0.05) is 5.92 Å². The van der Waals surface area contributed by atoms with Gasteiger partial charge < -0.3 is 9.67 Å². The third-order valence-electron chi connectivity index (χ3n) is 4.58. The number of aliphatic carboxylic acids is 1. The summed E-state index contributed by atoms with van der Waals surface area (Å²) in [5.74, 6) is 0.613. The molecule has 3 rings (SSSR count). The minimum atomic E-state index is -0.766. The number of imidazole rings is 1. The van der Waals surface area contributed by atoms with Gasteiger partial charge in [-0.25, -0.2) is 9.78 Å². The second kappa shape index (κ2) is 5.88. The lowest BCUT2D eigenvalue weighted by Gasteiger charge is -2.24. The highest BCUT2D eigenvalue weighted by atomic mass is 16.4. The van der Waals surface area contributed by atoms with Crippen LogP contribution >= 0.6 is 0 Å². The maximum absolute atomic E-state index is 11.7. The molecule has 1 saturated carbocycles. The van der Waals surface area contributed by atoms with Gasteiger partial charge in [-0.05, 0) is 31.4 Å². The van der Waals surface area contributed by atoms with Crippen LogP contribution in [0.15, 0.2) is 24.3 Å². The van der Waals surface area contributed by atoms with Crippen LogP contribution in [-0.4, -0.2) is 20.6 Å². The summed E-state index contributed by atoms with van der Waals surface area (Å²) in [7, 11) is 0. The average Bonchev–Trinajstić information content (AvgIpc) is 2.88. The van der Waals surface area contributed by atoms with Crippen molar-refractivity contribution in [3.63, 3.8) is 0 Å². The van der Waals surface area contributed by atoms with Crippen LogP contribution in [0, 0.1) is 0 Å². The Hall–Kier alpha value is -1.84. The lowest BCUT2D eigenvalue weighted by atomic mass is 9.88. The molecule has 1 unspecified atom stereocenters. The number of rotatable bonds is 4. The van der Waals surface area contributed by atoms with E-state index in [9.17, 15) is 9.90 Å². The number of carboxylic acids is 1. The summed E-state index contributed by atoms with van der Waals surface area (Å²) in [6.45, 7) is 1.93. The van der Waals surface area contributed by atoms with Crippen molar-refractivity contribution in [2.45, 2.75) is 57.4 Å². The number of carboxylic acid groups (broad SMARTS) is 1. The molecule has 1 aromatic heterocycles. The number of aromatic nitrogens is 2. The number of benzene rings is 1. The van der Waals surface area contributed by atoms with Gasteiger partial charge in [-0.3, -0.25) is 0 Å². The summed E-state index contributed by atoms with van der Waals surface area (Å²) < 4.78 is 1.98. The van der Waals surface area contributed by atoms with Gasteiger partial charge in [0.15, 0.2) is 0 Å². The first kappa shape index (κ1) is 14.1. The van der Waals surface area contributed by atoms with Gasteiger partial charge >= 0.3 is 5.97 Å². The maximum Gasteiger partial charge on any atom is 0.326 e. The van der Waals surface area contributed by atoms with E-state index >= 15 is 0 Å². The molecule has 2 aromatic rings. The molecule has 21 heavy (non-hydrogen) atoms. The van der Waals surface area contributed by atoms with Gasteiger partial charge in [-0.2, -0.15) is 0 Å². The summed E-state index contributed by atoms with van der Waals surface area (Å²) in [5.41, 5.74) is 1.87. The van der Waals surface area contributed by atoms with Crippen LogP contribution in [0.4, 0.5) is 0 Å². The molecule has 1 fully saturated rings. The number of para-hydroxylation sites is 2. The largest absolute Gasteiger partial charge is 0.480 e. The number of nitrogens with zero attached hydrogens (tertiary/aromatic N) is 2. The van der Waals surface area contributed by atoms with Gasteiger partial charge in [0.1, 0.15) is 11.9 Å². The summed E-state index contributed by atoms with van der Waals surface area (Å²) in [5, 5.41) is 9.58. The minimum absolute atomic E-state index is 0.402. The molecule has 0 spiro atoms. The van der Waals surface area contributed by atoms with Crippen molar-refractivity contribution in [2.24, 2.45) is 0 Å².